The summed E-state index contributed by atoms with van der Waals surface area (Å²) in [6.45, 7) is 1.93. The lowest BCUT2D eigenvalue weighted by molar-refractivity contribution is 0.0982. The molecule has 0 amide bonds. The summed E-state index contributed by atoms with van der Waals surface area (Å²) in [5.74, 6) is 0.951. The standard InChI is InChI=1S/C17H17ClO2/c1-12-3-7-14(18)11-16(12)17(19)10-6-13-4-8-15(20-2)9-5-13/h3-5,7-9,11H,6,10H2,1-2H3. The smallest absolute Gasteiger partial charge is 0.163 e. The first kappa shape index (κ1) is 14.6. The van der Waals surface area contributed by atoms with Gasteiger partial charge in [0.05, 0.1) is 7.11 Å². The SMILES string of the molecule is COc1ccc(CCC(=O)c2cc(Cl)ccc2C)cc1. The van der Waals surface area contributed by atoms with E-state index in [1.807, 2.05) is 37.3 Å². The minimum absolute atomic E-state index is 0.126. The van der Waals surface area contributed by atoms with Crippen LogP contribution in [0.15, 0.2) is 42.5 Å². The van der Waals surface area contributed by atoms with Gasteiger partial charge in [-0.2, -0.15) is 0 Å². The number of Topliss-reactive ketones (excluding diaryl/α,β-unsaturated/α-hetero) is 1. The monoisotopic (exact) mass is 288 g/mol. The zero-order chi connectivity index (χ0) is 14.5. The highest BCUT2D eigenvalue weighted by atomic mass is 35.5. The molecule has 2 nitrogen and oxygen atoms in total. The molecule has 0 unspecified atom stereocenters. The average molecular weight is 289 g/mol. The Morgan fingerprint density at radius 2 is 1.85 bits per heavy atom. The summed E-state index contributed by atoms with van der Waals surface area (Å²) >= 11 is 5.95. The number of benzene rings is 2. The first-order valence-corrected chi connectivity index (χ1v) is 6.90. The van der Waals surface area contributed by atoms with Crippen LogP contribution in [0.2, 0.25) is 5.02 Å². The van der Waals surface area contributed by atoms with Gasteiger partial charge in [0, 0.05) is 17.0 Å². The van der Waals surface area contributed by atoms with E-state index in [2.05, 4.69) is 0 Å². The fourth-order valence-electron chi connectivity index (χ4n) is 2.08. The third kappa shape index (κ3) is 3.61. The normalized spacial score (nSPS) is 10.3. The van der Waals surface area contributed by atoms with Crippen LogP contribution in [0, 0.1) is 6.92 Å². The maximum atomic E-state index is 12.2. The average Bonchev–Trinajstić information content (AvgIpc) is 2.47. The third-order valence-corrected chi connectivity index (χ3v) is 3.53. The van der Waals surface area contributed by atoms with Crippen molar-refractivity contribution in [2.75, 3.05) is 7.11 Å². The molecule has 0 fully saturated rings. The number of halogens is 1. The highest BCUT2D eigenvalue weighted by Gasteiger charge is 2.10. The Hall–Kier alpha value is -1.80. The Morgan fingerprint density at radius 1 is 1.15 bits per heavy atom. The van der Waals surface area contributed by atoms with Crippen LogP contribution in [0.4, 0.5) is 0 Å². The second-order valence-electron chi connectivity index (χ2n) is 4.73. The molecule has 0 aliphatic heterocycles. The van der Waals surface area contributed by atoms with Crippen LogP contribution in [0.1, 0.15) is 27.9 Å². The molecular weight excluding hydrogens is 272 g/mol. The van der Waals surface area contributed by atoms with Crippen molar-refractivity contribution in [1.29, 1.82) is 0 Å². The van der Waals surface area contributed by atoms with Gasteiger partial charge in [0.15, 0.2) is 5.78 Å². The van der Waals surface area contributed by atoms with E-state index in [4.69, 9.17) is 16.3 Å². The van der Waals surface area contributed by atoms with Crippen molar-refractivity contribution >= 4 is 17.4 Å². The molecule has 0 aliphatic rings. The van der Waals surface area contributed by atoms with Gasteiger partial charge in [-0.15, -0.1) is 0 Å². The maximum Gasteiger partial charge on any atom is 0.163 e. The lowest BCUT2D eigenvalue weighted by Gasteiger charge is -2.06. The Bertz CT molecular complexity index is 603. The second kappa shape index (κ2) is 6.58. The molecule has 3 heteroatoms. The highest BCUT2D eigenvalue weighted by Crippen LogP contribution is 2.18. The summed E-state index contributed by atoms with van der Waals surface area (Å²) in [6, 6.07) is 13.2. The summed E-state index contributed by atoms with van der Waals surface area (Å²) in [5.41, 5.74) is 2.80. The molecule has 2 rings (SSSR count). The van der Waals surface area contributed by atoms with Crippen molar-refractivity contribution in [1.82, 2.24) is 0 Å². The van der Waals surface area contributed by atoms with Gasteiger partial charge in [-0.1, -0.05) is 29.8 Å². The van der Waals surface area contributed by atoms with Gasteiger partial charge in [-0.25, -0.2) is 0 Å². The number of methoxy groups -OCH3 is 1. The van der Waals surface area contributed by atoms with Crippen LogP contribution in [-0.2, 0) is 6.42 Å². The molecule has 2 aromatic rings. The van der Waals surface area contributed by atoms with Crippen LogP contribution < -0.4 is 4.74 Å². The number of carbonyl (C=O) groups excluding carboxylic acids is 1. The van der Waals surface area contributed by atoms with Crippen molar-refractivity contribution < 1.29 is 9.53 Å². The van der Waals surface area contributed by atoms with E-state index in [1.54, 1.807) is 19.2 Å². The Kier molecular flexibility index (Phi) is 4.80. The van der Waals surface area contributed by atoms with Crippen LogP contribution in [0.25, 0.3) is 0 Å². The van der Waals surface area contributed by atoms with E-state index < -0.39 is 0 Å². The van der Waals surface area contributed by atoms with Crippen molar-refractivity contribution in [3.8, 4) is 5.75 Å². The Morgan fingerprint density at radius 3 is 2.50 bits per heavy atom. The van der Waals surface area contributed by atoms with E-state index >= 15 is 0 Å². The van der Waals surface area contributed by atoms with Crippen LogP contribution in [0.5, 0.6) is 5.75 Å². The van der Waals surface area contributed by atoms with Crippen molar-refractivity contribution in [2.45, 2.75) is 19.8 Å². The second-order valence-corrected chi connectivity index (χ2v) is 5.17. The van der Waals surface area contributed by atoms with Gasteiger partial charge >= 0.3 is 0 Å². The predicted molar refractivity (Wildman–Crippen MR) is 81.8 cm³/mol. The van der Waals surface area contributed by atoms with Gasteiger partial charge in [0.25, 0.3) is 0 Å². The van der Waals surface area contributed by atoms with E-state index in [-0.39, 0.29) is 5.78 Å². The van der Waals surface area contributed by atoms with Crippen LogP contribution in [0.3, 0.4) is 0 Å². The lowest BCUT2D eigenvalue weighted by atomic mass is 9.99. The first-order valence-electron chi connectivity index (χ1n) is 6.52. The molecule has 0 radical (unpaired) electrons. The summed E-state index contributed by atoms with van der Waals surface area (Å²) in [6.07, 6.45) is 1.20. The maximum absolute atomic E-state index is 12.2. The summed E-state index contributed by atoms with van der Waals surface area (Å²) in [7, 11) is 1.64. The Balaban J connectivity index is 2.02. The molecule has 0 saturated heterocycles. The zero-order valence-corrected chi connectivity index (χ0v) is 12.4. The predicted octanol–water partition coefficient (Wildman–Crippen LogP) is 4.47. The topological polar surface area (TPSA) is 26.3 Å². The van der Waals surface area contributed by atoms with E-state index in [0.29, 0.717) is 17.0 Å². The Labute approximate surface area is 124 Å². The van der Waals surface area contributed by atoms with Gasteiger partial charge < -0.3 is 4.74 Å². The number of carbonyl (C=O) groups is 1. The number of hydrogen-bond acceptors (Lipinski definition) is 2. The molecule has 0 heterocycles. The fraction of sp³-hybridized carbons (Fsp3) is 0.235. The van der Waals surface area contributed by atoms with Gasteiger partial charge in [0.1, 0.15) is 5.75 Å². The van der Waals surface area contributed by atoms with E-state index in [0.717, 1.165) is 23.3 Å². The number of ether oxygens (including phenoxy) is 1. The number of rotatable bonds is 5. The van der Waals surface area contributed by atoms with Crippen molar-refractivity contribution in [3.63, 3.8) is 0 Å². The fourth-order valence-corrected chi connectivity index (χ4v) is 2.25. The molecule has 0 N–H and O–H groups in total. The minimum Gasteiger partial charge on any atom is -0.497 e. The van der Waals surface area contributed by atoms with Gasteiger partial charge in [0.2, 0.25) is 0 Å². The van der Waals surface area contributed by atoms with Crippen molar-refractivity contribution in [3.05, 3.63) is 64.2 Å². The molecule has 0 saturated carbocycles. The minimum atomic E-state index is 0.126. The molecule has 0 aromatic heterocycles. The molecule has 2 aromatic carbocycles. The van der Waals surface area contributed by atoms with Gasteiger partial charge in [-0.3, -0.25) is 4.79 Å². The molecule has 0 bridgehead atoms. The lowest BCUT2D eigenvalue weighted by Crippen LogP contribution is -2.03. The summed E-state index contributed by atoms with van der Waals surface area (Å²) in [4.78, 5) is 12.2. The number of aryl methyl sites for hydroxylation is 2. The van der Waals surface area contributed by atoms with Crippen LogP contribution >= 0.6 is 11.6 Å². The van der Waals surface area contributed by atoms with E-state index in [9.17, 15) is 4.79 Å². The largest absolute Gasteiger partial charge is 0.497 e. The van der Waals surface area contributed by atoms with E-state index in [1.165, 1.54) is 0 Å². The molecule has 20 heavy (non-hydrogen) atoms. The number of ketones is 1. The van der Waals surface area contributed by atoms with Crippen molar-refractivity contribution in [2.24, 2.45) is 0 Å². The van der Waals surface area contributed by atoms with Crippen LogP contribution in [-0.4, -0.2) is 12.9 Å². The summed E-state index contributed by atoms with van der Waals surface area (Å²) in [5, 5.41) is 0.600. The number of hydrogen-bond donors (Lipinski definition) is 0. The first-order chi connectivity index (χ1) is 9.60. The molecule has 104 valence electrons. The molecular formula is C17H17ClO2. The highest BCUT2D eigenvalue weighted by molar-refractivity contribution is 6.31. The quantitative estimate of drug-likeness (QED) is 0.759. The zero-order valence-electron chi connectivity index (χ0n) is 11.7. The molecule has 0 spiro atoms. The third-order valence-electron chi connectivity index (χ3n) is 3.30. The summed E-state index contributed by atoms with van der Waals surface area (Å²) < 4.78 is 5.11. The van der Waals surface area contributed by atoms with Gasteiger partial charge in [-0.05, 0) is 48.7 Å². The molecule has 0 atom stereocenters. The molecule has 0 aliphatic carbocycles.